The van der Waals surface area contributed by atoms with Gasteiger partial charge >= 0.3 is 6.18 Å². The van der Waals surface area contributed by atoms with Gasteiger partial charge < -0.3 is 9.80 Å². The molecular weight excluding hydrogens is 421 g/mol. The van der Waals surface area contributed by atoms with Crippen LogP contribution in [0.15, 0.2) is 24.4 Å². The molecule has 2 aromatic heterocycles. The molecule has 0 unspecified atom stereocenters. The van der Waals surface area contributed by atoms with Gasteiger partial charge in [0.05, 0.1) is 6.54 Å². The lowest BCUT2D eigenvalue weighted by Gasteiger charge is -2.28. The number of benzene rings is 1. The minimum atomic E-state index is -4.52. The van der Waals surface area contributed by atoms with E-state index in [4.69, 9.17) is 5.10 Å². The minimum Gasteiger partial charge on any atom is -0.338 e. The molecule has 0 spiro atoms. The number of anilines is 2. The Hall–Kier alpha value is -3.30. The number of carbonyl (C=O) groups is 1. The number of hydrogen-bond acceptors (Lipinski definition) is 4. The van der Waals surface area contributed by atoms with E-state index in [-0.39, 0.29) is 11.5 Å². The number of halogens is 3. The summed E-state index contributed by atoms with van der Waals surface area (Å²) in [7, 11) is 3.40. The molecule has 0 aliphatic carbocycles. The second-order valence-electron chi connectivity index (χ2n) is 8.37. The van der Waals surface area contributed by atoms with Crippen LogP contribution in [0.3, 0.4) is 0 Å². The lowest BCUT2D eigenvalue weighted by atomic mass is 10.0. The van der Waals surface area contributed by atoms with Gasteiger partial charge in [-0.1, -0.05) is 6.07 Å². The second-order valence-corrected chi connectivity index (χ2v) is 8.37. The highest BCUT2D eigenvalue weighted by atomic mass is 19.4. The summed E-state index contributed by atoms with van der Waals surface area (Å²) in [5, 5.41) is 8.36. The number of carbonyl (C=O) groups excluding carboxylic acids is 1. The maximum Gasteiger partial charge on any atom is 0.435 e. The number of hydrogen-bond donors (Lipinski definition) is 0. The van der Waals surface area contributed by atoms with Crippen LogP contribution < -0.4 is 4.90 Å². The molecular formula is C22H23F3N6O. The van der Waals surface area contributed by atoms with Crippen molar-refractivity contribution in [2.75, 3.05) is 18.0 Å². The normalized spacial score (nSPS) is 15.8. The van der Waals surface area contributed by atoms with Crippen molar-refractivity contribution in [3.05, 3.63) is 46.9 Å². The molecule has 4 heterocycles. The Morgan fingerprint density at radius 3 is 2.59 bits per heavy atom. The van der Waals surface area contributed by atoms with Crippen molar-refractivity contribution in [2.24, 2.45) is 14.1 Å². The zero-order valence-corrected chi connectivity index (χ0v) is 18.1. The van der Waals surface area contributed by atoms with Crippen LogP contribution in [0.4, 0.5) is 24.7 Å². The third-order valence-corrected chi connectivity index (χ3v) is 6.31. The summed E-state index contributed by atoms with van der Waals surface area (Å²) in [6.07, 6.45) is -1.66. The van der Waals surface area contributed by atoms with Crippen LogP contribution >= 0.6 is 0 Å². The van der Waals surface area contributed by atoms with E-state index < -0.39 is 11.9 Å². The summed E-state index contributed by atoms with van der Waals surface area (Å²) in [5.74, 6) is 0.853. The third kappa shape index (κ3) is 3.25. The van der Waals surface area contributed by atoms with Crippen molar-refractivity contribution in [3.63, 3.8) is 0 Å². The highest BCUT2D eigenvalue weighted by molar-refractivity contribution is 5.77. The van der Waals surface area contributed by atoms with Gasteiger partial charge in [-0.2, -0.15) is 23.4 Å². The molecule has 10 heteroatoms. The number of aromatic nitrogens is 4. The van der Waals surface area contributed by atoms with E-state index in [0.717, 1.165) is 34.7 Å². The monoisotopic (exact) mass is 444 g/mol. The van der Waals surface area contributed by atoms with Crippen LogP contribution in [0.2, 0.25) is 0 Å². The first-order chi connectivity index (χ1) is 15.1. The molecule has 5 rings (SSSR count). The highest BCUT2D eigenvalue weighted by Gasteiger charge is 2.38. The number of fused-ring (bicyclic) bond motifs is 2. The molecule has 0 atom stereocenters. The molecule has 0 fully saturated rings. The van der Waals surface area contributed by atoms with Gasteiger partial charge in [0.15, 0.2) is 11.5 Å². The van der Waals surface area contributed by atoms with Crippen molar-refractivity contribution >= 4 is 17.4 Å². The molecule has 2 aliphatic rings. The Kier molecular flexibility index (Phi) is 4.58. The Labute approximate surface area is 183 Å². The number of nitrogens with zero attached hydrogens (tertiary/aromatic N) is 6. The average molecular weight is 444 g/mol. The Bertz CT molecular complexity index is 1230. The summed E-state index contributed by atoms with van der Waals surface area (Å²) < 4.78 is 43.4. The zero-order chi connectivity index (χ0) is 22.8. The second kappa shape index (κ2) is 7.11. The summed E-state index contributed by atoms with van der Waals surface area (Å²) in [6, 6.07) is 5.39. The quantitative estimate of drug-likeness (QED) is 0.608. The molecule has 1 aromatic carbocycles. The fraction of sp³-hybridized carbons (Fsp3) is 0.409. The van der Waals surface area contributed by atoms with Gasteiger partial charge in [0.1, 0.15) is 0 Å². The fourth-order valence-electron chi connectivity index (χ4n) is 4.76. The lowest BCUT2D eigenvalue weighted by molar-refractivity contribution is -0.141. The van der Waals surface area contributed by atoms with Gasteiger partial charge in [-0.25, -0.2) is 0 Å². The Balaban J connectivity index is 1.52. The molecule has 0 radical (unpaired) electrons. The van der Waals surface area contributed by atoms with Crippen LogP contribution in [0, 0.1) is 0 Å². The number of rotatable bonds is 2. The van der Waals surface area contributed by atoms with E-state index >= 15 is 0 Å². The van der Waals surface area contributed by atoms with E-state index in [0.29, 0.717) is 31.6 Å². The lowest BCUT2D eigenvalue weighted by Crippen LogP contribution is -2.35. The smallest absolute Gasteiger partial charge is 0.338 e. The molecule has 32 heavy (non-hydrogen) atoms. The van der Waals surface area contributed by atoms with Gasteiger partial charge in [0, 0.05) is 69.2 Å². The maximum absolute atomic E-state index is 13.4. The van der Waals surface area contributed by atoms with Crippen molar-refractivity contribution in [2.45, 2.75) is 32.5 Å². The van der Waals surface area contributed by atoms with Gasteiger partial charge in [-0.15, -0.1) is 0 Å². The molecule has 7 nitrogen and oxygen atoms in total. The topological polar surface area (TPSA) is 59.2 Å². The van der Waals surface area contributed by atoms with Gasteiger partial charge in [-0.05, 0) is 29.7 Å². The first-order valence-corrected chi connectivity index (χ1v) is 10.5. The Morgan fingerprint density at radius 1 is 1.09 bits per heavy atom. The first kappa shape index (κ1) is 20.6. The van der Waals surface area contributed by atoms with E-state index in [1.54, 1.807) is 13.0 Å². The molecule has 2 aliphatic heterocycles. The third-order valence-electron chi connectivity index (χ3n) is 6.31. The van der Waals surface area contributed by atoms with E-state index in [2.05, 4.69) is 10.00 Å². The standard InChI is InChI=1S/C22H23F3N6O/c1-13(32)30-8-7-19-17(12-30)21(27-29(19)3)31-9-6-15-10-14(4-5-18(15)31)16-11-28(2)26-20(16)22(23,24)25/h4-5,10-11H,6-9,12H2,1-3H3. The molecule has 0 saturated heterocycles. The fourth-order valence-corrected chi connectivity index (χ4v) is 4.76. The highest BCUT2D eigenvalue weighted by Crippen LogP contribution is 2.41. The molecule has 1 amide bonds. The van der Waals surface area contributed by atoms with Crippen molar-refractivity contribution < 1.29 is 18.0 Å². The number of aryl methyl sites for hydroxylation is 2. The summed E-state index contributed by atoms with van der Waals surface area (Å²) >= 11 is 0. The van der Waals surface area contributed by atoms with Crippen LogP contribution in [0.1, 0.15) is 29.4 Å². The molecule has 0 saturated carbocycles. The van der Waals surface area contributed by atoms with E-state index in [1.165, 1.54) is 17.9 Å². The van der Waals surface area contributed by atoms with Crippen LogP contribution in [0.5, 0.6) is 0 Å². The number of amides is 1. The minimum absolute atomic E-state index is 0.0360. The van der Waals surface area contributed by atoms with Crippen LogP contribution in [0.25, 0.3) is 11.1 Å². The Morgan fingerprint density at radius 2 is 1.88 bits per heavy atom. The predicted molar refractivity (Wildman–Crippen MR) is 112 cm³/mol. The molecule has 168 valence electrons. The summed E-state index contributed by atoms with van der Waals surface area (Å²) in [6.45, 7) is 3.44. The maximum atomic E-state index is 13.4. The molecule has 0 bridgehead atoms. The molecule has 3 aromatic rings. The average Bonchev–Trinajstić information content (AvgIpc) is 3.42. The summed E-state index contributed by atoms with van der Waals surface area (Å²) in [4.78, 5) is 15.8. The summed E-state index contributed by atoms with van der Waals surface area (Å²) in [5.41, 5.74) is 3.76. The first-order valence-electron chi connectivity index (χ1n) is 10.5. The van der Waals surface area contributed by atoms with E-state index in [1.807, 2.05) is 28.8 Å². The van der Waals surface area contributed by atoms with Gasteiger partial charge in [-0.3, -0.25) is 14.2 Å². The van der Waals surface area contributed by atoms with Crippen molar-refractivity contribution in [1.82, 2.24) is 24.5 Å². The van der Waals surface area contributed by atoms with Crippen LogP contribution in [-0.2, 0) is 44.5 Å². The number of alkyl halides is 3. The SMILES string of the molecule is CC(=O)N1CCc2c(c(N3CCc4cc(-c5cn(C)nc5C(F)(F)F)ccc43)nn2C)C1. The predicted octanol–water partition coefficient (Wildman–Crippen LogP) is 3.44. The van der Waals surface area contributed by atoms with Crippen molar-refractivity contribution in [3.8, 4) is 11.1 Å². The largest absolute Gasteiger partial charge is 0.435 e. The van der Waals surface area contributed by atoms with E-state index in [9.17, 15) is 18.0 Å². The molecule has 0 N–H and O–H groups in total. The van der Waals surface area contributed by atoms with Crippen LogP contribution in [-0.4, -0.2) is 43.5 Å². The van der Waals surface area contributed by atoms with Crippen molar-refractivity contribution in [1.29, 1.82) is 0 Å². The van der Waals surface area contributed by atoms with Gasteiger partial charge in [0.25, 0.3) is 0 Å². The van der Waals surface area contributed by atoms with Gasteiger partial charge in [0.2, 0.25) is 5.91 Å². The zero-order valence-electron chi connectivity index (χ0n) is 18.1.